The first-order chi connectivity index (χ1) is 12.8. The largest absolute Gasteiger partial charge is 0.507 e. The Morgan fingerprint density at radius 2 is 1.63 bits per heavy atom. The van der Waals surface area contributed by atoms with Crippen molar-refractivity contribution in [2.75, 3.05) is 19.8 Å². The summed E-state index contributed by atoms with van der Waals surface area (Å²) in [7, 11) is 0. The fourth-order valence-corrected chi connectivity index (χ4v) is 3.44. The van der Waals surface area contributed by atoms with Crippen LogP contribution in [0.1, 0.15) is 63.1 Å². The molecule has 5 heteroatoms. The van der Waals surface area contributed by atoms with Crippen LogP contribution in [0.2, 0.25) is 0 Å². The molecular weight excluding hydrogens is 344 g/mol. The Bertz CT molecular complexity index is 615. The number of aryl methyl sites for hydroxylation is 3. The third-order valence-electron chi connectivity index (χ3n) is 5.82. The maximum atomic E-state index is 12.2. The number of phenolic OH excluding ortho intramolecular Hbond substituents is 1. The van der Waals surface area contributed by atoms with Crippen LogP contribution in [-0.2, 0) is 25.4 Å². The van der Waals surface area contributed by atoms with E-state index in [2.05, 4.69) is 20.8 Å². The van der Waals surface area contributed by atoms with Crippen LogP contribution >= 0.6 is 0 Å². The van der Waals surface area contributed by atoms with Gasteiger partial charge < -0.3 is 19.3 Å². The summed E-state index contributed by atoms with van der Waals surface area (Å²) in [6, 6.07) is 3.84. The second-order valence-corrected chi connectivity index (χ2v) is 7.79. The van der Waals surface area contributed by atoms with Crippen LogP contribution in [0.3, 0.4) is 0 Å². The molecule has 1 saturated heterocycles. The fraction of sp³-hybridized carbons (Fsp3) is 0.682. The van der Waals surface area contributed by atoms with Crippen molar-refractivity contribution < 1.29 is 24.1 Å². The van der Waals surface area contributed by atoms with Crippen molar-refractivity contribution in [3.8, 4) is 5.75 Å². The van der Waals surface area contributed by atoms with Gasteiger partial charge in [0.2, 0.25) is 0 Å². The van der Waals surface area contributed by atoms with Gasteiger partial charge in [-0.1, -0.05) is 32.9 Å². The maximum Gasteiger partial charge on any atom is 0.306 e. The molecule has 0 saturated carbocycles. The lowest BCUT2D eigenvalue weighted by Gasteiger charge is -2.45. The molecule has 1 aromatic rings. The molecule has 1 heterocycles. The summed E-state index contributed by atoms with van der Waals surface area (Å²) in [6.45, 7) is 11.4. The summed E-state index contributed by atoms with van der Waals surface area (Å²) in [6.07, 6.45) is 3.38. The second kappa shape index (κ2) is 9.07. The smallest absolute Gasteiger partial charge is 0.306 e. The average molecular weight is 379 g/mol. The van der Waals surface area contributed by atoms with E-state index in [1.165, 1.54) is 0 Å². The van der Waals surface area contributed by atoms with E-state index in [4.69, 9.17) is 14.2 Å². The number of esters is 1. The normalized spacial score (nSPS) is 18.3. The highest BCUT2D eigenvalue weighted by Crippen LogP contribution is 2.36. The average Bonchev–Trinajstić information content (AvgIpc) is 2.69. The van der Waals surface area contributed by atoms with Crippen molar-refractivity contribution in [3.63, 3.8) is 0 Å². The van der Waals surface area contributed by atoms with E-state index in [0.29, 0.717) is 38.4 Å². The van der Waals surface area contributed by atoms with E-state index in [1.807, 2.05) is 26.0 Å². The first kappa shape index (κ1) is 21.7. The van der Waals surface area contributed by atoms with Gasteiger partial charge in [0.05, 0.1) is 18.6 Å². The maximum absolute atomic E-state index is 12.2. The number of carbonyl (C=O) groups excluding carboxylic acids is 1. The third-order valence-corrected chi connectivity index (χ3v) is 5.82. The van der Waals surface area contributed by atoms with Crippen molar-refractivity contribution in [3.05, 3.63) is 28.8 Å². The van der Waals surface area contributed by atoms with Gasteiger partial charge in [-0.05, 0) is 56.2 Å². The Labute approximate surface area is 163 Å². The van der Waals surface area contributed by atoms with Crippen molar-refractivity contribution in [1.29, 1.82) is 0 Å². The molecule has 1 fully saturated rings. The molecule has 152 valence electrons. The van der Waals surface area contributed by atoms with Gasteiger partial charge in [0.1, 0.15) is 12.4 Å². The van der Waals surface area contributed by atoms with Gasteiger partial charge in [0.25, 0.3) is 0 Å². The van der Waals surface area contributed by atoms with E-state index in [0.717, 1.165) is 36.0 Å². The zero-order valence-electron chi connectivity index (χ0n) is 17.4. The zero-order chi connectivity index (χ0) is 20.1. The number of hydrogen-bond donors (Lipinski definition) is 1. The van der Waals surface area contributed by atoms with E-state index in [1.54, 1.807) is 0 Å². The number of hydrogen-bond acceptors (Lipinski definition) is 5. The number of carbonyl (C=O) groups is 1. The molecule has 0 bridgehead atoms. The molecule has 0 spiro atoms. The minimum Gasteiger partial charge on any atom is -0.507 e. The third kappa shape index (κ3) is 5.23. The minimum atomic E-state index is -0.489. The number of aromatic hydroxyl groups is 1. The summed E-state index contributed by atoms with van der Waals surface area (Å²) in [5.41, 5.74) is 2.42. The minimum absolute atomic E-state index is 0.214. The lowest BCUT2D eigenvalue weighted by atomic mass is 9.86. The predicted octanol–water partition coefficient (Wildman–Crippen LogP) is 4.44. The van der Waals surface area contributed by atoms with Crippen molar-refractivity contribution >= 4 is 5.97 Å². The monoisotopic (exact) mass is 378 g/mol. The Balaban J connectivity index is 1.85. The molecule has 5 nitrogen and oxygen atoms in total. The van der Waals surface area contributed by atoms with Gasteiger partial charge in [0, 0.05) is 6.42 Å². The quantitative estimate of drug-likeness (QED) is 0.677. The molecule has 1 N–H and O–H groups in total. The Morgan fingerprint density at radius 1 is 1.07 bits per heavy atom. The highest BCUT2D eigenvalue weighted by Gasteiger charge is 2.42. The number of benzene rings is 1. The summed E-state index contributed by atoms with van der Waals surface area (Å²) < 4.78 is 17.6. The first-order valence-corrected chi connectivity index (χ1v) is 10.0. The number of phenols is 1. The lowest BCUT2D eigenvalue weighted by Crippen LogP contribution is -2.51. The van der Waals surface area contributed by atoms with E-state index in [9.17, 15) is 9.90 Å². The van der Waals surface area contributed by atoms with Crippen LogP contribution in [0.15, 0.2) is 12.1 Å². The molecular formula is C22H34O5. The van der Waals surface area contributed by atoms with E-state index in [-0.39, 0.29) is 11.4 Å². The topological polar surface area (TPSA) is 65.0 Å². The first-order valence-electron chi connectivity index (χ1n) is 10.0. The molecule has 0 aliphatic carbocycles. The van der Waals surface area contributed by atoms with Crippen LogP contribution in [0, 0.1) is 19.3 Å². The standard InChI is InChI=1S/C22H34O5/c1-6-21(14-26-22(7-2,8-3)27-15-21)13-25-19(23)10-9-18-11-16(4)20(24)17(5)12-18/h11-12,24H,6-10,13-15H2,1-5H3. The Kier molecular flexibility index (Phi) is 7.29. The highest BCUT2D eigenvalue weighted by atomic mass is 16.7. The summed E-state index contributed by atoms with van der Waals surface area (Å²) >= 11 is 0. The molecule has 2 rings (SSSR count). The second-order valence-electron chi connectivity index (χ2n) is 7.79. The fourth-order valence-electron chi connectivity index (χ4n) is 3.44. The van der Waals surface area contributed by atoms with Crippen molar-refractivity contribution in [2.24, 2.45) is 5.41 Å². The molecule has 1 aliphatic rings. The summed E-state index contributed by atoms with van der Waals surface area (Å²) in [4.78, 5) is 12.2. The SMILES string of the molecule is CCC1(COC(=O)CCc2cc(C)c(O)c(C)c2)COC(CC)(CC)OC1. The molecule has 27 heavy (non-hydrogen) atoms. The Morgan fingerprint density at radius 3 is 2.11 bits per heavy atom. The molecule has 0 atom stereocenters. The van der Waals surface area contributed by atoms with Gasteiger partial charge in [-0.25, -0.2) is 0 Å². The Hall–Kier alpha value is -1.59. The molecule has 0 radical (unpaired) electrons. The van der Waals surface area contributed by atoms with E-state index >= 15 is 0 Å². The zero-order valence-corrected chi connectivity index (χ0v) is 17.4. The lowest BCUT2D eigenvalue weighted by molar-refractivity contribution is -0.311. The molecule has 1 aliphatic heterocycles. The van der Waals surface area contributed by atoms with Gasteiger partial charge in [0.15, 0.2) is 5.79 Å². The van der Waals surface area contributed by atoms with Crippen LogP contribution < -0.4 is 0 Å². The van der Waals surface area contributed by atoms with Crippen LogP contribution in [0.25, 0.3) is 0 Å². The summed E-state index contributed by atoms with van der Waals surface area (Å²) in [5.74, 6) is -0.384. The van der Waals surface area contributed by atoms with Crippen LogP contribution in [0.4, 0.5) is 0 Å². The number of ether oxygens (including phenoxy) is 3. The van der Waals surface area contributed by atoms with Crippen molar-refractivity contribution in [2.45, 2.75) is 72.5 Å². The molecule has 0 amide bonds. The van der Waals surface area contributed by atoms with Crippen LogP contribution in [0.5, 0.6) is 5.75 Å². The highest BCUT2D eigenvalue weighted by molar-refractivity contribution is 5.69. The van der Waals surface area contributed by atoms with Crippen molar-refractivity contribution in [1.82, 2.24) is 0 Å². The van der Waals surface area contributed by atoms with Gasteiger partial charge in [-0.2, -0.15) is 0 Å². The molecule has 1 aromatic carbocycles. The molecule has 0 unspecified atom stereocenters. The van der Waals surface area contributed by atoms with Gasteiger partial charge in [-0.3, -0.25) is 4.79 Å². The van der Waals surface area contributed by atoms with Gasteiger partial charge in [-0.15, -0.1) is 0 Å². The van der Waals surface area contributed by atoms with Crippen LogP contribution in [-0.4, -0.2) is 36.7 Å². The number of rotatable bonds is 8. The van der Waals surface area contributed by atoms with Gasteiger partial charge >= 0.3 is 5.97 Å². The molecule has 0 aromatic heterocycles. The predicted molar refractivity (Wildman–Crippen MR) is 105 cm³/mol. The van der Waals surface area contributed by atoms with E-state index < -0.39 is 5.79 Å². The summed E-state index contributed by atoms with van der Waals surface area (Å²) in [5, 5.41) is 9.85.